The Morgan fingerprint density at radius 2 is 1.49 bits per heavy atom. The Morgan fingerprint density at radius 1 is 0.939 bits per heavy atom. The predicted molar refractivity (Wildman–Crippen MR) is 195 cm³/mol. The van der Waals surface area contributed by atoms with Gasteiger partial charge in [-0.25, -0.2) is 0 Å². The summed E-state index contributed by atoms with van der Waals surface area (Å²) in [6.07, 6.45) is 0. The topological polar surface area (TPSA) is 187 Å². The molecule has 12 nitrogen and oxygen atoms in total. The number of H-pyrrole nitrogens is 1. The molecular formula is C35H47ClCoN4O8+3. The van der Waals surface area contributed by atoms with E-state index in [4.69, 9.17) is 50.7 Å². The molecule has 0 radical (unpaired) electrons. The van der Waals surface area contributed by atoms with Crippen LogP contribution in [0.5, 0.6) is 17.2 Å². The number of carbonyl (C=O) groups is 1. The maximum absolute atomic E-state index is 13.6. The second kappa shape index (κ2) is 19.7. The van der Waals surface area contributed by atoms with Gasteiger partial charge in [-0.2, -0.15) is 26.9 Å². The summed E-state index contributed by atoms with van der Waals surface area (Å²) < 4.78 is 16.4. The molecule has 0 saturated heterocycles. The number of hydrogen-bond acceptors (Lipinski definition) is 4. The fourth-order valence-corrected chi connectivity index (χ4v) is 4.93. The van der Waals surface area contributed by atoms with Gasteiger partial charge in [0, 0.05) is 57.1 Å². The van der Waals surface area contributed by atoms with E-state index in [-0.39, 0.29) is 58.3 Å². The van der Waals surface area contributed by atoms with Gasteiger partial charge in [0.15, 0.2) is 34.6 Å². The van der Waals surface area contributed by atoms with Crippen LogP contribution in [-0.2, 0) is 16.8 Å². The number of anilines is 1. The maximum Gasteiger partial charge on any atom is 3.00 e. The number of benzene rings is 2. The normalized spacial score (nSPS) is 12.6. The molecule has 4 rings (SSSR count). The third-order valence-electron chi connectivity index (χ3n) is 7.81. The van der Waals surface area contributed by atoms with Crippen LogP contribution in [0.15, 0.2) is 30.3 Å². The SMILES string of the molecule is CC(=[OH+])[C-](C)C(C)=[OH+].CC(=[OH+])[C-](C)C(C)=[OH+].COc1cc2cc(C(=O)N3CC(CCl)c4ccc([N-]CC[NH-])cc43)[nH]c2c(OC)c1OC.[Co+3]. The van der Waals surface area contributed by atoms with Crippen LogP contribution in [0, 0.1) is 11.8 Å². The minimum atomic E-state index is -0.173. The molecule has 1 amide bonds. The summed E-state index contributed by atoms with van der Waals surface area (Å²) in [7, 11) is 4.64. The van der Waals surface area contributed by atoms with Gasteiger partial charge < -0.3 is 54.3 Å². The third-order valence-corrected chi connectivity index (χ3v) is 8.18. The number of ether oxygens (including phenoxy) is 3. The Morgan fingerprint density at radius 3 is 1.92 bits per heavy atom. The molecule has 3 aromatic rings. The molecule has 0 saturated carbocycles. The number of halogens is 1. The van der Waals surface area contributed by atoms with Gasteiger partial charge in [0.1, 0.15) is 5.69 Å². The summed E-state index contributed by atoms with van der Waals surface area (Å²) in [5.74, 6) is 3.50. The van der Waals surface area contributed by atoms with Crippen LogP contribution in [0.1, 0.15) is 63.5 Å². The number of aromatic nitrogens is 1. The number of fused-ring (bicyclic) bond motifs is 2. The van der Waals surface area contributed by atoms with Gasteiger partial charge in [-0.15, -0.1) is 29.1 Å². The van der Waals surface area contributed by atoms with Crippen molar-refractivity contribution < 1.29 is 55.0 Å². The molecule has 1 atom stereocenters. The van der Waals surface area contributed by atoms with Gasteiger partial charge in [0.25, 0.3) is 5.91 Å². The number of amides is 1. The molecule has 0 spiro atoms. The first-order valence-electron chi connectivity index (χ1n) is 15.1. The summed E-state index contributed by atoms with van der Waals surface area (Å²) in [6.45, 7) is 10.6. The fourth-order valence-electron chi connectivity index (χ4n) is 4.66. The van der Waals surface area contributed by atoms with E-state index in [0.717, 1.165) is 22.3 Å². The summed E-state index contributed by atoms with van der Waals surface area (Å²) in [5, 5.41) is 5.18. The zero-order valence-corrected chi connectivity index (χ0v) is 31.1. The molecule has 49 heavy (non-hydrogen) atoms. The Labute approximate surface area is 302 Å². The molecule has 1 unspecified atom stereocenters. The van der Waals surface area contributed by atoms with Gasteiger partial charge in [0.2, 0.25) is 5.75 Å². The first kappa shape index (κ1) is 42.8. The number of nitrogens with zero attached hydrogens (tertiary/aromatic N) is 2. The summed E-state index contributed by atoms with van der Waals surface area (Å²) in [6, 6.07) is 9.37. The largest absolute Gasteiger partial charge is 3.00 e. The first-order valence-corrected chi connectivity index (χ1v) is 15.6. The molecule has 14 heteroatoms. The van der Waals surface area contributed by atoms with Crippen LogP contribution < -0.4 is 19.1 Å². The Kier molecular flexibility index (Phi) is 17.3. The van der Waals surface area contributed by atoms with Gasteiger partial charge in [-0.1, -0.05) is 18.2 Å². The quantitative estimate of drug-likeness (QED) is 0.0941. The number of alkyl halides is 1. The van der Waals surface area contributed by atoms with Gasteiger partial charge >= 0.3 is 16.8 Å². The van der Waals surface area contributed by atoms with Crippen LogP contribution in [0.4, 0.5) is 11.4 Å². The summed E-state index contributed by atoms with van der Waals surface area (Å²) in [5.41, 5.74) is 11.0. The minimum absolute atomic E-state index is 0. The zero-order valence-electron chi connectivity index (χ0n) is 29.3. The van der Waals surface area contributed by atoms with Gasteiger partial charge in [0.05, 0.1) is 26.8 Å². The number of rotatable bonds is 12. The Hall–Kier alpha value is -4.17. The van der Waals surface area contributed by atoms with Crippen molar-refractivity contribution in [2.24, 2.45) is 0 Å². The van der Waals surface area contributed by atoms with Crippen molar-refractivity contribution >= 4 is 62.9 Å². The van der Waals surface area contributed by atoms with E-state index in [1.165, 1.54) is 34.8 Å². The molecule has 1 aliphatic heterocycles. The fraction of sp³-hybridized carbons (Fsp3) is 0.400. The van der Waals surface area contributed by atoms with Crippen molar-refractivity contribution in [3.63, 3.8) is 0 Å². The van der Waals surface area contributed by atoms with Crippen molar-refractivity contribution in [2.75, 3.05) is 51.7 Å². The van der Waals surface area contributed by atoms with Crippen molar-refractivity contribution in [3.8, 4) is 17.2 Å². The van der Waals surface area contributed by atoms with E-state index in [9.17, 15) is 4.79 Å². The molecule has 2 heterocycles. The van der Waals surface area contributed by atoms with Crippen LogP contribution in [0.3, 0.4) is 0 Å². The number of ketones is 4. The monoisotopic (exact) mass is 745 g/mol. The average molecular weight is 746 g/mol. The third kappa shape index (κ3) is 10.7. The van der Waals surface area contributed by atoms with Crippen molar-refractivity contribution in [2.45, 2.75) is 47.5 Å². The van der Waals surface area contributed by atoms with E-state index in [0.29, 0.717) is 59.3 Å². The molecule has 0 bridgehead atoms. The second-order valence-corrected chi connectivity index (χ2v) is 11.3. The standard InChI is InChI=1S/C23H25ClN4O4.2C6H9O2.Co/c1-30-19-9-13-8-17(27-20(13)22(32-3)21(19)31-2)23(29)28-12-14(11-24)16-5-4-15(10-18(16)28)26-7-6-25;2*1-4(5(2)7)6(3)8;/h4-5,8-10,14,25H,6-7,11-12H2,1-3H3,(H,27,29);2*1-3H3;/q-2;2*-1;+3/p+4. The van der Waals surface area contributed by atoms with E-state index in [2.05, 4.69) is 10.3 Å². The van der Waals surface area contributed by atoms with E-state index < -0.39 is 0 Å². The van der Waals surface area contributed by atoms with Crippen LogP contribution >= 0.6 is 11.6 Å². The van der Waals surface area contributed by atoms with E-state index in [1.54, 1.807) is 45.1 Å². The number of nitrogens with one attached hydrogen (secondary N) is 2. The molecule has 0 fully saturated rings. The number of hydrogen-bond donors (Lipinski definition) is 1. The van der Waals surface area contributed by atoms with E-state index >= 15 is 0 Å². The predicted octanol–water partition coefficient (Wildman–Crippen LogP) is 6.65. The summed E-state index contributed by atoms with van der Waals surface area (Å²) in [4.78, 5) is 53.3. The summed E-state index contributed by atoms with van der Waals surface area (Å²) >= 11 is 6.21. The Bertz CT molecular complexity index is 1590. The maximum atomic E-state index is 13.6. The molecule has 2 aromatic carbocycles. The van der Waals surface area contributed by atoms with E-state index in [1.807, 2.05) is 18.2 Å². The van der Waals surface area contributed by atoms with Crippen molar-refractivity contribution in [1.29, 1.82) is 0 Å². The molecular weight excluding hydrogens is 699 g/mol. The van der Waals surface area contributed by atoms with Gasteiger partial charge in [-0.05, 0) is 17.7 Å². The van der Waals surface area contributed by atoms with Gasteiger partial charge in [-0.3, -0.25) is 4.79 Å². The second-order valence-electron chi connectivity index (χ2n) is 11.0. The first-order chi connectivity index (χ1) is 22.7. The van der Waals surface area contributed by atoms with Crippen molar-refractivity contribution in [3.05, 3.63) is 64.5 Å². The van der Waals surface area contributed by atoms with Crippen LogP contribution in [-0.4, -0.2) is 100 Å². The smallest absolute Gasteiger partial charge is 0.686 e. The number of methoxy groups -OCH3 is 3. The minimum Gasteiger partial charge on any atom is -0.686 e. The molecule has 1 aromatic heterocycles. The number of carbonyl (C=O) groups excluding carboxylic acids is 5. The molecule has 6 N–H and O–H groups in total. The molecule has 268 valence electrons. The molecule has 1 aliphatic rings. The number of aromatic amines is 1. The van der Waals surface area contributed by atoms with Crippen LogP contribution in [0.2, 0.25) is 0 Å². The van der Waals surface area contributed by atoms with Crippen LogP contribution in [0.25, 0.3) is 22.0 Å². The van der Waals surface area contributed by atoms with Crippen molar-refractivity contribution in [1.82, 2.24) is 4.98 Å². The average Bonchev–Trinajstić information content (AvgIpc) is 3.66. The molecule has 0 aliphatic carbocycles. The Balaban J connectivity index is 0.000000588. The zero-order chi connectivity index (χ0) is 36.3.